The second-order valence-corrected chi connectivity index (χ2v) is 8.13. The molecular weight excluding hydrogens is 434 g/mol. The Morgan fingerprint density at radius 1 is 1.14 bits per heavy atom. The van der Waals surface area contributed by atoms with Crippen LogP contribution in [0.15, 0.2) is 46.9 Å². The molecule has 1 aliphatic rings. The average molecular weight is 458 g/mol. The van der Waals surface area contributed by atoms with E-state index in [0.29, 0.717) is 18.5 Å². The minimum Gasteiger partial charge on any atom is -0.332 e. The molecule has 1 heterocycles. The van der Waals surface area contributed by atoms with E-state index >= 15 is 0 Å². The fourth-order valence-electron chi connectivity index (χ4n) is 3.33. The summed E-state index contributed by atoms with van der Waals surface area (Å²) in [4.78, 5) is 40.2. The van der Waals surface area contributed by atoms with E-state index in [0.717, 1.165) is 34.3 Å². The van der Waals surface area contributed by atoms with Gasteiger partial charge in [0.2, 0.25) is 11.8 Å². The van der Waals surface area contributed by atoms with Crippen molar-refractivity contribution in [2.45, 2.75) is 26.2 Å². The van der Waals surface area contributed by atoms with Crippen LogP contribution < -0.4 is 10.2 Å². The van der Waals surface area contributed by atoms with Crippen molar-refractivity contribution in [3.05, 3.63) is 58.1 Å². The Bertz CT molecular complexity index is 927. The third-order valence-electron chi connectivity index (χ3n) is 4.94. The standard InChI is InChI=1S/C22H24BrN3O3/c1-15-13-17(23)8-11-19(15)24-20(27)14-25(2)22(29)16-6-9-18(10-7-16)26-12-4-3-5-21(26)28/h6-11,13H,3-5,12,14H2,1-2H3,(H,24,27). The van der Waals surface area contributed by atoms with Crippen LogP contribution in [0, 0.1) is 6.92 Å². The van der Waals surface area contributed by atoms with Gasteiger partial charge in [-0.3, -0.25) is 14.4 Å². The molecule has 0 atom stereocenters. The number of nitrogens with one attached hydrogen (secondary N) is 1. The minimum absolute atomic E-state index is 0.0549. The van der Waals surface area contributed by atoms with E-state index in [1.165, 1.54) is 4.90 Å². The van der Waals surface area contributed by atoms with Crippen LogP contribution in [0.5, 0.6) is 0 Å². The van der Waals surface area contributed by atoms with Gasteiger partial charge in [-0.15, -0.1) is 0 Å². The molecule has 1 saturated heterocycles. The number of benzene rings is 2. The fourth-order valence-corrected chi connectivity index (χ4v) is 3.80. The molecule has 1 fully saturated rings. The van der Waals surface area contributed by atoms with Gasteiger partial charge in [0.1, 0.15) is 0 Å². The Labute approximate surface area is 179 Å². The molecule has 0 saturated carbocycles. The van der Waals surface area contributed by atoms with Crippen LogP contribution in [0.1, 0.15) is 35.2 Å². The van der Waals surface area contributed by atoms with E-state index < -0.39 is 0 Å². The third kappa shape index (κ3) is 5.23. The number of rotatable bonds is 5. The first-order chi connectivity index (χ1) is 13.8. The molecule has 2 aromatic carbocycles. The van der Waals surface area contributed by atoms with E-state index in [1.807, 2.05) is 25.1 Å². The highest BCUT2D eigenvalue weighted by atomic mass is 79.9. The summed E-state index contributed by atoms with van der Waals surface area (Å²) in [7, 11) is 1.60. The maximum atomic E-state index is 12.7. The summed E-state index contributed by atoms with van der Waals surface area (Å²) in [6, 6.07) is 12.6. The molecule has 7 heteroatoms. The number of piperidine rings is 1. The van der Waals surface area contributed by atoms with Crippen LogP contribution in [-0.2, 0) is 9.59 Å². The molecule has 0 bridgehead atoms. The topological polar surface area (TPSA) is 69.7 Å². The summed E-state index contributed by atoms with van der Waals surface area (Å²) in [5, 5.41) is 2.83. The molecule has 152 valence electrons. The number of hydrogen-bond acceptors (Lipinski definition) is 3. The number of anilines is 2. The predicted octanol–water partition coefficient (Wildman–Crippen LogP) is 3.99. The lowest BCUT2D eigenvalue weighted by molar-refractivity contribution is -0.119. The van der Waals surface area contributed by atoms with Gasteiger partial charge < -0.3 is 15.1 Å². The normalized spacial score (nSPS) is 13.9. The number of aryl methyl sites for hydroxylation is 1. The van der Waals surface area contributed by atoms with Crippen molar-refractivity contribution in [2.75, 3.05) is 30.4 Å². The molecule has 6 nitrogen and oxygen atoms in total. The minimum atomic E-state index is -0.262. The molecule has 3 rings (SSSR count). The van der Waals surface area contributed by atoms with Crippen LogP contribution in [0.3, 0.4) is 0 Å². The summed E-state index contributed by atoms with van der Waals surface area (Å²) in [6.07, 6.45) is 2.48. The smallest absolute Gasteiger partial charge is 0.254 e. The van der Waals surface area contributed by atoms with Gasteiger partial charge in [-0.1, -0.05) is 15.9 Å². The van der Waals surface area contributed by atoms with Gasteiger partial charge in [-0.25, -0.2) is 0 Å². The molecule has 1 aliphatic heterocycles. The summed E-state index contributed by atoms with van der Waals surface area (Å²) < 4.78 is 0.940. The Morgan fingerprint density at radius 2 is 1.86 bits per heavy atom. The molecule has 0 spiro atoms. The van der Waals surface area contributed by atoms with Crippen molar-refractivity contribution >= 4 is 45.0 Å². The number of nitrogens with zero attached hydrogens (tertiary/aromatic N) is 2. The fraction of sp³-hybridized carbons (Fsp3) is 0.318. The highest BCUT2D eigenvalue weighted by Crippen LogP contribution is 2.22. The lowest BCUT2D eigenvalue weighted by Crippen LogP contribution is -2.36. The summed E-state index contributed by atoms with van der Waals surface area (Å²) in [5.41, 5.74) is 2.94. The zero-order valence-corrected chi connectivity index (χ0v) is 18.2. The van der Waals surface area contributed by atoms with Crippen molar-refractivity contribution in [1.29, 1.82) is 0 Å². The van der Waals surface area contributed by atoms with E-state index in [1.54, 1.807) is 36.2 Å². The zero-order chi connectivity index (χ0) is 21.0. The largest absolute Gasteiger partial charge is 0.332 e. The summed E-state index contributed by atoms with van der Waals surface area (Å²) in [5.74, 6) is -0.390. The summed E-state index contributed by atoms with van der Waals surface area (Å²) >= 11 is 3.39. The Kier molecular flexibility index (Phi) is 6.69. The van der Waals surface area contributed by atoms with Crippen LogP contribution >= 0.6 is 15.9 Å². The van der Waals surface area contributed by atoms with Crippen LogP contribution in [0.25, 0.3) is 0 Å². The van der Waals surface area contributed by atoms with Gasteiger partial charge in [0.15, 0.2) is 0 Å². The first kappa shape index (κ1) is 21.0. The van der Waals surface area contributed by atoms with Crippen LogP contribution in [0.4, 0.5) is 11.4 Å². The van der Waals surface area contributed by atoms with Crippen molar-refractivity contribution in [1.82, 2.24) is 4.90 Å². The Morgan fingerprint density at radius 3 is 2.52 bits per heavy atom. The quantitative estimate of drug-likeness (QED) is 0.737. The number of halogens is 1. The number of carbonyl (C=O) groups is 3. The molecule has 29 heavy (non-hydrogen) atoms. The van der Waals surface area contributed by atoms with E-state index in [-0.39, 0.29) is 24.3 Å². The van der Waals surface area contributed by atoms with Crippen LogP contribution in [-0.4, -0.2) is 42.8 Å². The van der Waals surface area contributed by atoms with E-state index in [4.69, 9.17) is 0 Å². The van der Waals surface area contributed by atoms with Crippen molar-refractivity contribution in [2.24, 2.45) is 0 Å². The molecule has 0 aromatic heterocycles. The van der Waals surface area contributed by atoms with E-state index in [9.17, 15) is 14.4 Å². The monoisotopic (exact) mass is 457 g/mol. The first-order valence-electron chi connectivity index (χ1n) is 9.57. The predicted molar refractivity (Wildman–Crippen MR) is 117 cm³/mol. The first-order valence-corrected chi connectivity index (χ1v) is 10.4. The van der Waals surface area contributed by atoms with Gasteiger partial charge >= 0.3 is 0 Å². The molecule has 0 unspecified atom stereocenters. The number of hydrogen-bond donors (Lipinski definition) is 1. The van der Waals surface area contributed by atoms with Gasteiger partial charge in [-0.05, 0) is 67.8 Å². The highest BCUT2D eigenvalue weighted by molar-refractivity contribution is 9.10. The third-order valence-corrected chi connectivity index (χ3v) is 5.43. The van der Waals surface area contributed by atoms with Gasteiger partial charge in [-0.2, -0.15) is 0 Å². The van der Waals surface area contributed by atoms with Crippen LogP contribution in [0.2, 0.25) is 0 Å². The van der Waals surface area contributed by atoms with Gasteiger partial charge in [0.05, 0.1) is 6.54 Å². The van der Waals surface area contributed by atoms with Crippen molar-refractivity contribution < 1.29 is 14.4 Å². The second-order valence-electron chi connectivity index (χ2n) is 7.22. The molecule has 0 aliphatic carbocycles. The Balaban J connectivity index is 1.60. The molecule has 0 radical (unpaired) electrons. The van der Waals surface area contributed by atoms with Gasteiger partial charge in [0, 0.05) is 41.4 Å². The van der Waals surface area contributed by atoms with Gasteiger partial charge in [0.25, 0.3) is 5.91 Å². The average Bonchev–Trinajstić information content (AvgIpc) is 2.70. The number of likely N-dealkylation sites (N-methyl/N-ethyl adjacent to an activating group) is 1. The molecule has 1 N–H and O–H groups in total. The number of amides is 3. The highest BCUT2D eigenvalue weighted by Gasteiger charge is 2.20. The van der Waals surface area contributed by atoms with Crippen molar-refractivity contribution in [3.8, 4) is 0 Å². The molecule has 2 aromatic rings. The lowest BCUT2D eigenvalue weighted by Gasteiger charge is -2.27. The summed E-state index contributed by atoms with van der Waals surface area (Å²) in [6.45, 7) is 2.56. The number of carbonyl (C=O) groups excluding carboxylic acids is 3. The second kappa shape index (κ2) is 9.22. The maximum Gasteiger partial charge on any atom is 0.254 e. The molecular formula is C22H24BrN3O3. The van der Waals surface area contributed by atoms with Crippen molar-refractivity contribution in [3.63, 3.8) is 0 Å². The molecule has 3 amide bonds. The lowest BCUT2D eigenvalue weighted by atomic mass is 10.1. The zero-order valence-electron chi connectivity index (χ0n) is 16.6. The Hall–Kier alpha value is -2.67. The maximum absolute atomic E-state index is 12.7. The van der Waals surface area contributed by atoms with E-state index in [2.05, 4.69) is 21.2 Å². The SMILES string of the molecule is Cc1cc(Br)ccc1NC(=O)CN(C)C(=O)c1ccc(N2CCCCC2=O)cc1.